The summed E-state index contributed by atoms with van der Waals surface area (Å²) in [4.78, 5) is 16.0. The number of nitrogens with zero attached hydrogens (tertiary/aromatic N) is 3. The molecule has 0 aromatic heterocycles. The van der Waals surface area contributed by atoms with Crippen molar-refractivity contribution < 1.29 is 19.0 Å². The fraction of sp³-hybridized carbons (Fsp3) is 0.226. The fourth-order valence-electron chi connectivity index (χ4n) is 4.83. The Labute approximate surface area is 222 Å². The van der Waals surface area contributed by atoms with Crippen LogP contribution >= 0.6 is 0 Å². The molecule has 4 aromatic carbocycles. The van der Waals surface area contributed by atoms with E-state index in [-0.39, 0.29) is 11.9 Å². The first-order chi connectivity index (χ1) is 18.4. The largest absolute Gasteiger partial charge is 0.493 e. The lowest BCUT2D eigenvalue weighted by Gasteiger charge is -2.23. The van der Waals surface area contributed by atoms with E-state index in [1.54, 1.807) is 17.1 Å². The van der Waals surface area contributed by atoms with Crippen LogP contribution in [0.3, 0.4) is 0 Å². The van der Waals surface area contributed by atoms with Crippen molar-refractivity contribution in [3.63, 3.8) is 0 Å². The number of hydrogen-bond acceptors (Lipinski definition) is 6. The summed E-state index contributed by atoms with van der Waals surface area (Å²) in [5.41, 5.74) is 4.36. The third kappa shape index (κ3) is 4.63. The smallest absolute Gasteiger partial charge is 0.274 e. The van der Waals surface area contributed by atoms with Crippen LogP contribution < -0.4 is 19.1 Å². The first-order valence-electron chi connectivity index (χ1n) is 12.4. The summed E-state index contributed by atoms with van der Waals surface area (Å²) in [6.45, 7) is 0. The summed E-state index contributed by atoms with van der Waals surface area (Å²) in [5.74, 6) is 1.02. The Kier molecular flexibility index (Phi) is 6.92. The molecule has 0 aliphatic carbocycles. The van der Waals surface area contributed by atoms with E-state index in [2.05, 4.69) is 54.6 Å². The van der Waals surface area contributed by atoms with E-state index in [1.807, 2.05) is 31.1 Å². The van der Waals surface area contributed by atoms with Gasteiger partial charge in [-0.25, -0.2) is 5.01 Å². The fourth-order valence-corrected chi connectivity index (χ4v) is 4.83. The monoisotopic (exact) mass is 509 g/mol. The molecule has 1 amide bonds. The molecular weight excluding hydrogens is 478 g/mol. The van der Waals surface area contributed by atoms with Crippen LogP contribution in [0.1, 0.15) is 33.9 Å². The van der Waals surface area contributed by atoms with Gasteiger partial charge in [0.25, 0.3) is 5.91 Å². The third-order valence-corrected chi connectivity index (χ3v) is 6.91. The molecule has 1 aliphatic heterocycles. The van der Waals surface area contributed by atoms with Gasteiger partial charge in [0.05, 0.1) is 33.1 Å². The topological polar surface area (TPSA) is 63.6 Å². The van der Waals surface area contributed by atoms with Crippen molar-refractivity contribution in [1.29, 1.82) is 0 Å². The van der Waals surface area contributed by atoms with Gasteiger partial charge in [-0.2, -0.15) is 5.10 Å². The van der Waals surface area contributed by atoms with Crippen LogP contribution in [0.2, 0.25) is 0 Å². The number of ether oxygens (including phenoxy) is 3. The summed E-state index contributed by atoms with van der Waals surface area (Å²) < 4.78 is 16.4. The maximum absolute atomic E-state index is 14.0. The normalized spacial score (nSPS) is 14.8. The number of anilines is 1. The number of methoxy groups -OCH3 is 3. The number of carbonyl (C=O) groups excluding carboxylic acids is 1. The molecule has 0 saturated carbocycles. The maximum Gasteiger partial charge on any atom is 0.274 e. The van der Waals surface area contributed by atoms with Crippen LogP contribution in [0.5, 0.6) is 17.2 Å². The second kappa shape index (κ2) is 10.5. The predicted molar refractivity (Wildman–Crippen MR) is 151 cm³/mol. The standard InChI is InChI=1S/C31H31N3O4/c1-33(2)25-14-12-21(13-15-25)27-19-26(23-11-10-20-8-6-7-9-22(20)16-23)32-34(27)31(35)24-17-28(36-3)30(38-5)29(18-24)37-4/h6-18,27H,19H2,1-5H3. The number of benzene rings is 4. The lowest BCUT2D eigenvalue weighted by molar-refractivity contribution is 0.0710. The van der Waals surface area contributed by atoms with Gasteiger partial charge in [0, 0.05) is 31.8 Å². The van der Waals surface area contributed by atoms with Gasteiger partial charge in [-0.3, -0.25) is 4.79 Å². The Morgan fingerprint density at radius 1 is 0.842 bits per heavy atom. The molecule has 1 heterocycles. The second-order valence-corrected chi connectivity index (χ2v) is 9.38. The summed E-state index contributed by atoms with van der Waals surface area (Å²) in [5, 5.41) is 8.76. The minimum Gasteiger partial charge on any atom is -0.493 e. The number of carbonyl (C=O) groups is 1. The van der Waals surface area contributed by atoms with E-state index in [1.165, 1.54) is 21.3 Å². The van der Waals surface area contributed by atoms with Gasteiger partial charge in [-0.15, -0.1) is 0 Å². The molecule has 0 radical (unpaired) electrons. The van der Waals surface area contributed by atoms with Crippen molar-refractivity contribution in [2.24, 2.45) is 5.10 Å². The van der Waals surface area contributed by atoms with Gasteiger partial charge in [0.2, 0.25) is 5.75 Å². The number of hydrazone groups is 1. The van der Waals surface area contributed by atoms with E-state index < -0.39 is 0 Å². The number of rotatable bonds is 7. The van der Waals surface area contributed by atoms with Crippen LogP contribution in [-0.4, -0.2) is 52.1 Å². The molecule has 0 saturated heterocycles. The van der Waals surface area contributed by atoms with E-state index in [4.69, 9.17) is 19.3 Å². The van der Waals surface area contributed by atoms with Crippen LogP contribution in [0.4, 0.5) is 5.69 Å². The predicted octanol–water partition coefficient (Wildman–Crippen LogP) is 5.92. The highest BCUT2D eigenvalue weighted by atomic mass is 16.5. The van der Waals surface area contributed by atoms with E-state index in [0.29, 0.717) is 29.2 Å². The molecule has 1 atom stereocenters. The average Bonchev–Trinajstić information content (AvgIpc) is 3.41. The molecule has 38 heavy (non-hydrogen) atoms. The first-order valence-corrected chi connectivity index (χ1v) is 12.4. The van der Waals surface area contributed by atoms with Gasteiger partial charge >= 0.3 is 0 Å². The summed E-state index contributed by atoms with van der Waals surface area (Å²) >= 11 is 0. The van der Waals surface area contributed by atoms with Crippen molar-refractivity contribution in [1.82, 2.24) is 5.01 Å². The maximum atomic E-state index is 14.0. The van der Waals surface area contributed by atoms with Crippen LogP contribution in [0.25, 0.3) is 10.8 Å². The van der Waals surface area contributed by atoms with Crippen molar-refractivity contribution in [2.75, 3.05) is 40.3 Å². The average molecular weight is 510 g/mol. The van der Waals surface area contributed by atoms with E-state index in [9.17, 15) is 4.79 Å². The lowest BCUT2D eigenvalue weighted by Crippen LogP contribution is -2.27. The zero-order valence-electron chi connectivity index (χ0n) is 22.3. The number of hydrogen-bond donors (Lipinski definition) is 0. The van der Waals surface area contributed by atoms with Gasteiger partial charge in [-0.1, -0.05) is 48.5 Å². The Balaban J connectivity index is 1.58. The molecule has 7 heteroatoms. The lowest BCUT2D eigenvalue weighted by atomic mass is 9.96. The highest BCUT2D eigenvalue weighted by Crippen LogP contribution is 2.40. The highest BCUT2D eigenvalue weighted by molar-refractivity contribution is 6.07. The molecule has 0 spiro atoms. The zero-order valence-corrected chi connectivity index (χ0v) is 22.3. The Morgan fingerprint density at radius 3 is 2.11 bits per heavy atom. The quantitative estimate of drug-likeness (QED) is 0.309. The van der Waals surface area contributed by atoms with Gasteiger partial charge < -0.3 is 19.1 Å². The van der Waals surface area contributed by atoms with Crippen molar-refractivity contribution in [3.05, 3.63) is 95.6 Å². The molecular formula is C31H31N3O4. The summed E-state index contributed by atoms with van der Waals surface area (Å²) in [6.07, 6.45) is 0.593. The third-order valence-electron chi connectivity index (χ3n) is 6.91. The molecule has 5 rings (SSSR count). The molecule has 0 fully saturated rings. The molecule has 0 N–H and O–H groups in total. The van der Waals surface area contributed by atoms with Crippen molar-refractivity contribution in [2.45, 2.75) is 12.5 Å². The van der Waals surface area contributed by atoms with Gasteiger partial charge in [0.15, 0.2) is 11.5 Å². The summed E-state index contributed by atoms with van der Waals surface area (Å²) in [6, 6.07) is 25.8. The Hall–Kier alpha value is -4.52. The summed E-state index contributed by atoms with van der Waals surface area (Å²) in [7, 11) is 8.62. The molecule has 1 aliphatic rings. The molecule has 4 aromatic rings. The van der Waals surface area contributed by atoms with Crippen LogP contribution in [0.15, 0.2) is 84.0 Å². The van der Waals surface area contributed by atoms with E-state index >= 15 is 0 Å². The SMILES string of the molecule is COc1cc(C(=O)N2N=C(c3ccc4ccccc4c3)CC2c2ccc(N(C)C)cc2)cc(OC)c1OC. The van der Waals surface area contributed by atoms with Crippen LogP contribution in [-0.2, 0) is 0 Å². The molecule has 7 nitrogen and oxygen atoms in total. The Morgan fingerprint density at radius 2 is 1.50 bits per heavy atom. The minimum atomic E-state index is -0.265. The van der Waals surface area contributed by atoms with Crippen LogP contribution in [0, 0.1) is 0 Å². The zero-order chi connectivity index (χ0) is 26.8. The number of fused-ring (bicyclic) bond motifs is 1. The molecule has 1 unspecified atom stereocenters. The number of amides is 1. The first kappa shape index (κ1) is 25.1. The second-order valence-electron chi connectivity index (χ2n) is 9.38. The highest BCUT2D eigenvalue weighted by Gasteiger charge is 2.34. The van der Waals surface area contributed by atoms with Crippen molar-refractivity contribution >= 4 is 28.1 Å². The molecule has 0 bridgehead atoms. The minimum absolute atomic E-state index is 0.248. The molecule has 194 valence electrons. The van der Waals surface area contributed by atoms with Gasteiger partial charge in [0.1, 0.15) is 0 Å². The Bertz CT molecular complexity index is 1490. The van der Waals surface area contributed by atoms with Crippen molar-refractivity contribution in [3.8, 4) is 17.2 Å². The van der Waals surface area contributed by atoms with E-state index in [0.717, 1.165) is 33.3 Å². The van der Waals surface area contributed by atoms with Gasteiger partial charge in [-0.05, 0) is 52.2 Å².